The van der Waals surface area contributed by atoms with Crippen LogP contribution in [0.25, 0.3) is 0 Å². The van der Waals surface area contributed by atoms with Crippen LogP contribution in [0, 0.1) is 0 Å². The van der Waals surface area contributed by atoms with Gasteiger partial charge in [0.15, 0.2) is 0 Å². The molecule has 3 amide bonds. The van der Waals surface area contributed by atoms with Gasteiger partial charge in [-0.1, -0.05) is 11.6 Å². The minimum Gasteiger partial charge on any atom is -0.365 e. The molecule has 2 aromatic heterocycles. The summed E-state index contributed by atoms with van der Waals surface area (Å²) in [6.07, 6.45) is 4.07. The third-order valence-corrected chi connectivity index (χ3v) is 8.10. The summed E-state index contributed by atoms with van der Waals surface area (Å²) in [7, 11) is 2.15. The number of rotatable bonds is 4. The number of nitrogens with two attached hydrogens (primary N) is 1. The summed E-state index contributed by atoms with van der Waals surface area (Å²) >= 11 is 8.37. The molecule has 1 fully saturated rings. The lowest BCUT2D eigenvalue weighted by molar-refractivity contribution is -0.119. The van der Waals surface area contributed by atoms with Gasteiger partial charge in [0.1, 0.15) is 0 Å². The second kappa shape index (κ2) is 11.3. The fourth-order valence-electron chi connectivity index (χ4n) is 3.88. The SMILES string of the molecule is CC(=O)NC[C@@H]1CCCN1C(=O)c1cc2c(s1)CCN(C)CC2.NC(=O)c1ccc(Cl)s1. The van der Waals surface area contributed by atoms with Gasteiger partial charge in [0, 0.05) is 44.0 Å². The Morgan fingerprint density at radius 1 is 1.16 bits per heavy atom. The lowest BCUT2D eigenvalue weighted by Crippen LogP contribution is -2.42. The Labute approximate surface area is 201 Å². The predicted octanol–water partition coefficient (Wildman–Crippen LogP) is 3.02. The number of nitrogens with zero attached hydrogens (tertiary/aromatic N) is 2. The maximum absolute atomic E-state index is 12.9. The molecule has 174 valence electrons. The first-order valence-corrected chi connectivity index (χ1v) is 12.7. The maximum atomic E-state index is 12.9. The van der Waals surface area contributed by atoms with Crippen LogP contribution in [0.1, 0.15) is 49.5 Å². The van der Waals surface area contributed by atoms with Crippen LogP contribution in [0.4, 0.5) is 0 Å². The minimum absolute atomic E-state index is 0.0312. The summed E-state index contributed by atoms with van der Waals surface area (Å²) in [5.74, 6) is -0.313. The van der Waals surface area contributed by atoms with Crippen molar-refractivity contribution in [3.63, 3.8) is 0 Å². The Balaban J connectivity index is 0.000000269. The first kappa shape index (κ1) is 24.7. The highest BCUT2D eigenvalue weighted by Gasteiger charge is 2.31. The van der Waals surface area contributed by atoms with E-state index < -0.39 is 5.91 Å². The van der Waals surface area contributed by atoms with E-state index in [0.717, 1.165) is 50.2 Å². The first-order chi connectivity index (χ1) is 15.2. The van der Waals surface area contributed by atoms with Crippen molar-refractivity contribution in [2.45, 2.75) is 38.6 Å². The monoisotopic (exact) mass is 496 g/mol. The van der Waals surface area contributed by atoms with Gasteiger partial charge >= 0.3 is 0 Å². The molecule has 0 bridgehead atoms. The molecule has 1 atom stereocenters. The van der Waals surface area contributed by atoms with Gasteiger partial charge in [0.25, 0.3) is 11.8 Å². The van der Waals surface area contributed by atoms with E-state index in [2.05, 4.69) is 23.3 Å². The maximum Gasteiger partial charge on any atom is 0.264 e. The molecule has 0 spiro atoms. The molecule has 0 unspecified atom stereocenters. The van der Waals surface area contributed by atoms with Gasteiger partial charge in [-0.05, 0) is 56.5 Å². The molecule has 3 N–H and O–H groups in total. The van der Waals surface area contributed by atoms with Gasteiger partial charge in [0.05, 0.1) is 14.1 Å². The standard InChI is InChI=1S/C17H25N3O2S.C5H4ClNOS/c1-12(21)18-11-14-4-3-7-20(14)17(22)16-10-13-5-8-19(2)9-6-15(13)23-16;6-4-2-1-3(9-4)5(7)8/h10,14H,3-9,11H2,1-2H3,(H,18,21);1-2H,(H2,7,8)/t14-;/m0./s1. The van der Waals surface area contributed by atoms with Crippen molar-refractivity contribution < 1.29 is 14.4 Å². The van der Waals surface area contributed by atoms with Crippen molar-refractivity contribution >= 4 is 52.0 Å². The second-order valence-corrected chi connectivity index (χ2v) is 10.9. The van der Waals surface area contributed by atoms with Gasteiger partial charge in [-0.25, -0.2) is 0 Å². The Morgan fingerprint density at radius 2 is 1.91 bits per heavy atom. The third-order valence-electron chi connectivity index (χ3n) is 5.63. The molecule has 2 aliphatic heterocycles. The number of likely N-dealkylation sites (tertiary alicyclic amines) is 1. The normalized spacial score (nSPS) is 18.3. The summed E-state index contributed by atoms with van der Waals surface area (Å²) in [6.45, 7) is 5.02. The summed E-state index contributed by atoms with van der Waals surface area (Å²) in [4.78, 5) is 41.4. The Hall–Kier alpha value is -1.94. The zero-order chi connectivity index (χ0) is 23.3. The molecule has 0 aromatic carbocycles. The van der Waals surface area contributed by atoms with Crippen molar-refractivity contribution in [3.8, 4) is 0 Å². The van der Waals surface area contributed by atoms with Gasteiger partial charge < -0.3 is 20.9 Å². The Bertz CT molecular complexity index is 949. The first-order valence-electron chi connectivity index (χ1n) is 10.6. The Kier molecular flexibility index (Phi) is 8.70. The van der Waals surface area contributed by atoms with E-state index in [1.54, 1.807) is 23.5 Å². The quantitative estimate of drug-likeness (QED) is 0.680. The van der Waals surface area contributed by atoms with Gasteiger partial charge in [-0.2, -0.15) is 0 Å². The van der Waals surface area contributed by atoms with E-state index in [-0.39, 0.29) is 17.9 Å². The van der Waals surface area contributed by atoms with E-state index in [1.807, 2.05) is 4.90 Å². The zero-order valence-corrected chi connectivity index (χ0v) is 20.7. The van der Waals surface area contributed by atoms with Crippen molar-refractivity contribution in [2.75, 3.05) is 33.2 Å². The molecular weight excluding hydrogens is 468 g/mol. The zero-order valence-electron chi connectivity index (χ0n) is 18.4. The number of thiophene rings is 2. The number of carbonyl (C=O) groups is 3. The van der Waals surface area contributed by atoms with Crippen LogP contribution in [0.3, 0.4) is 0 Å². The number of amides is 3. The van der Waals surface area contributed by atoms with E-state index in [9.17, 15) is 14.4 Å². The number of halogens is 1. The lowest BCUT2D eigenvalue weighted by Gasteiger charge is -2.24. The van der Waals surface area contributed by atoms with Crippen LogP contribution in [0.15, 0.2) is 18.2 Å². The van der Waals surface area contributed by atoms with Crippen LogP contribution in [0.2, 0.25) is 4.34 Å². The molecule has 10 heteroatoms. The average Bonchev–Trinajstić information content (AvgIpc) is 3.46. The van der Waals surface area contributed by atoms with Gasteiger partial charge in [-0.3, -0.25) is 14.4 Å². The largest absolute Gasteiger partial charge is 0.365 e. The Morgan fingerprint density at radius 3 is 2.53 bits per heavy atom. The fraction of sp³-hybridized carbons (Fsp3) is 0.500. The van der Waals surface area contributed by atoms with Crippen molar-refractivity contribution in [1.82, 2.24) is 15.1 Å². The molecule has 1 saturated heterocycles. The molecule has 32 heavy (non-hydrogen) atoms. The molecule has 2 aromatic rings. The van der Waals surface area contributed by atoms with Crippen LogP contribution in [-0.2, 0) is 17.6 Å². The smallest absolute Gasteiger partial charge is 0.264 e. The molecule has 2 aliphatic rings. The molecule has 0 saturated carbocycles. The molecule has 7 nitrogen and oxygen atoms in total. The topological polar surface area (TPSA) is 95.7 Å². The highest BCUT2D eigenvalue weighted by Crippen LogP contribution is 2.29. The number of likely N-dealkylation sites (N-methyl/N-ethyl adjacent to an activating group) is 1. The number of carbonyl (C=O) groups excluding carboxylic acids is 3. The van der Waals surface area contributed by atoms with Gasteiger partial charge in [0.2, 0.25) is 5.91 Å². The van der Waals surface area contributed by atoms with E-state index in [0.29, 0.717) is 15.8 Å². The number of primary amides is 1. The van der Waals surface area contributed by atoms with E-state index in [1.165, 1.54) is 28.7 Å². The molecule has 0 radical (unpaired) electrons. The average molecular weight is 497 g/mol. The molecule has 4 rings (SSSR count). The van der Waals surface area contributed by atoms with E-state index >= 15 is 0 Å². The third kappa shape index (κ3) is 6.54. The highest BCUT2D eigenvalue weighted by atomic mass is 35.5. The molecule has 0 aliphatic carbocycles. The molecule has 4 heterocycles. The summed E-state index contributed by atoms with van der Waals surface area (Å²) in [5.41, 5.74) is 6.29. The lowest BCUT2D eigenvalue weighted by atomic mass is 10.1. The predicted molar refractivity (Wildman–Crippen MR) is 130 cm³/mol. The highest BCUT2D eigenvalue weighted by molar-refractivity contribution is 7.18. The van der Waals surface area contributed by atoms with Crippen molar-refractivity contribution in [2.24, 2.45) is 5.73 Å². The minimum atomic E-state index is -0.424. The van der Waals surface area contributed by atoms with Crippen LogP contribution in [0.5, 0.6) is 0 Å². The molecular formula is C22H29ClN4O3S2. The van der Waals surface area contributed by atoms with Crippen LogP contribution in [-0.4, -0.2) is 66.8 Å². The van der Waals surface area contributed by atoms with Crippen molar-refractivity contribution in [3.05, 3.63) is 42.7 Å². The number of nitrogens with one attached hydrogen (secondary N) is 1. The number of hydrogen-bond donors (Lipinski definition) is 2. The summed E-state index contributed by atoms with van der Waals surface area (Å²) in [5, 5.41) is 2.85. The van der Waals surface area contributed by atoms with Crippen LogP contribution >= 0.6 is 34.3 Å². The van der Waals surface area contributed by atoms with E-state index in [4.69, 9.17) is 17.3 Å². The summed E-state index contributed by atoms with van der Waals surface area (Å²) in [6, 6.07) is 5.50. The second-order valence-electron chi connectivity index (χ2n) is 8.06. The summed E-state index contributed by atoms with van der Waals surface area (Å²) < 4.78 is 0.587. The van der Waals surface area contributed by atoms with Crippen LogP contribution < -0.4 is 11.1 Å². The van der Waals surface area contributed by atoms with Gasteiger partial charge in [-0.15, -0.1) is 22.7 Å². The number of hydrogen-bond acceptors (Lipinski definition) is 6. The fourth-order valence-corrected chi connectivity index (χ4v) is 5.93. The van der Waals surface area contributed by atoms with Crippen molar-refractivity contribution in [1.29, 1.82) is 0 Å². The number of fused-ring (bicyclic) bond motifs is 1.